The lowest BCUT2D eigenvalue weighted by Gasteiger charge is -2.35. The van der Waals surface area contributed by atoms with Crippen molar-refractivity contribution in [1.82, 2.24) is 0 Å². The average Bonchev–Trinajstić information content (AvgIpc) is 3.04. The molecule has 5 rings (SSSR count). The van der Waals surface area contributed by atoms with Crippen molar-refractivity contribution in [1.29, 1.82) is 0 Å². The zero-order chi connectivity index (χ0) is 30.7. The van der Waals surface area contributed by atoms with Gasteiger partial charge in [-0.15, -0.1) is 0 Å². The number of ether oxygens (including phenoxy) is 4. The summed E-state index contributed by atoms with van der Waals surface area (Å²) in [6.07, 6.45) is 26.9. The third-order valence-electron chi connectivity index (χ3n) is 12.4. The van der Waals surface area contributed by atoms with Gasteiger partial charge < -0.3 is 29.2 Å². The van der Waals surface area contributed by atoms with E-state index in [0.717, 1.165) is 62.6 Å². The summed E-state index contributed by atoms with van der Waals surface area (Å²) in [5, 5.41) is 19.6. The predicted molar refractivity (Wildman–Crippen MR) is 175 cm³/mol. The van der Waals surface area contributed by atoms with Crippen LogP contribution in [0, 0.1) is 35.5 Å². The molecule has 0 aliphatic heterocycles. The van der Waals surface area contributed by atoms with E-state index in [9.17, 15) is 10.2 Å². The Morgan fingerprint density at radius 3 is 1.00 bits per heavy atom. The fourth-order valence-corrected chi connectivity index (χ4v) is 9.44. The van der Waals surface area contributed by atoms with Gasteiger partial charge in [-0.05, 0) is 191 Å². The van der Waals surface area contributed by atoms with Crippen LogP contribution in [0.3, 0.4) is 0 Å². The zero-order valence-electron chi connectivity index (χ0n) is 28.4. The van der Waals surface area contributed by atoms with Crippen LogP contribution in [-0.4, -0.2) is 60.4 Å². The normalized spacial score (nSPS) is 40.4. The number of rotatable bonds is 14. The van der Waals surface area contributed by atoms with Gasteiger partial charge in [-0.25, -0.2) is 0 Å². The van der Waals surface area contributed by atoms with Gasteiger partial charge in [-0.1, -0.05) is 0 Å². The quantitative estimate of drug-likeness (QED) is 0.190. The van der Waals surface area contributed by atoms with Crippen LogP contribution in [0.25, 0.3) is 0 Å². The first-order valence-corrected chi connectivity index (χ1v) is 19.3. The molecule has 5 aliphatic rings. The predicted octanol–water partition coefficient (Wildman–Crippen LogP) is 8.55. The summed E-state index contributed by atoms with van der Waals surface area (Å²) in [6.45, 7) is 5.83. The first-order valence-electron chi connectivity index (χ1n) is 19.3. The molecule has 5 aliphatic carbocycles. The molecule has 0 aromatic carbocycles. The van der Waals surface area contributed by atoms with Crippen molar-refractivity contribution >= 4 is 0 Å². The highest BCUT2D eigenvalue weighted by Crippen LogP contribution is 2.38. The largest absolute Gasteiger partial charge is 0.393 e. The van der Waals surface area contributed by atoms with Gasteiger partial charge in [0.1, 0.15) is 0 Å². The molecule has 0 bridgehead atoms. The summed E-state index contributed by atoms with van der Waals surface area (Å²) in [5.74, 6) is 4.67. The van der Waals surface area contributed by atoms with Crippen LogP contribution in [0.2, 0.25) is 0 Å². The van der Waals surface area contributed by atoms with Crippen molar-refractivity contribution in [3.63, 3.8) is 0 Å². The highest BCUT2D eigenvalue weighted by Gasteiger charge is 2.30. The third-order valence-corrected chi connectivity index (χ3v) is 12.4. The average molecular weight is 621 g/mol. The van der Waals surface area contributed by atoms with Gasteiger partial charge in [0.05, 0.1) is 37.6 Å². The second kappa shape index (κ2) is 18.3. The number of aliphatic hydroxyl groups excluding tert-OH is 2. The van der Waals surface area contributed by atoms with Crippen LogP contribution in [0.5, 0.6) is 0 Å². The summed E-state index contributed by atoms with van der Waals surface area (Å²) >= 11 is 0. The molecule has 2 unspecified atom stereocenters. The maximum Gasteiger partial charge on any atom is 0.155 e. The molecule has 5 saturated carbocycles. The summed E-state index contributed by atoms with van der Waals surface area (Å²) in [4.78, 5) is 0. The Morgan fingerprint density at radius 1 is 0.409 bits per heavy atom. The van der Waals surface area contributed by atoms with Crippen molar-refractivity contribution < 1.29 is 29.2 Å². The molecule has 256 valence electrons. The number of hydrogen-bond donors (Lipinski definition) is 2. The van der Waals surface area contributed by atoms with E-state index >= 15 is 0 Å². The van der Waals surface area contributed by atoms with Gasteiger partial charge in [0.2, 0.25) is 0 Å². The summed E-state index contributed by atoms with van der Waals surface area (Å²) in [6, 6.07) is 0. The molecule has 0 saturated heterocycles. The van der Waals surface area contributed by atoms with Crippen molar-refractivity contribution in [3.05, 3.63) is 0 Å². The van der Waals surface area contributed by atoms with Crippen LogP contribution in [0.4, 0.5) is 0 Å². The molecule has 0 aromatic rings. The number of hydrogen-bond acceptors (Lipinski definition) is 6. The Labute approximate surface area is 269 Å². The molecule has 0 heterocycles. The van der Waals surface area contributed by atoms with E-state index in [-0.39, 0.29) is 24.8 Å². The minimum Gasteiger partial charge on any atom is -0.393 e. The molecular weight excluding hydrogens is 552 g/mol. The molecule has 5 fully saturated rings. The zero-order valence-corrected chi connectivity index (χ0v) is 28.4. The van der Waals surface area contributed by atoms with Crippen LogP contribution >= 0.6 is 0 Å². The van der Waals surface area contributed by atoms with Gasteiger partial charge in [-0.3, -0.25) is 0 Å². The van der Waals surface area contributed by atoms with E-state index in [0.29, 0.717) is 24.0 Å². The molecule has 6 nitrogen and oxygen atoms in total. The van der Waals surface area contributed by atoms with Crippen molar-refractivity contribution in [2.45, 2.75) is 192 Å². The van der Waals surface area contributed by atoms with Gasteiger partial charge in [0, 0.05) is 0 Å². The monoisotopic (exact) mass is 621 g/mol. The SMILES string of the molecule is CC(OCC1CCC(COC(C)OC2CCC(CC3CCC(O)CC3)CC2)CC1)OC1CCC(CC2CCC(O)CC2)CC1. The molecular formula is C38H68O6. The van der Waals surface area contributed by atoms with Crippen molar-refractivity contribution in [3.8, 4) is 0 Å². The van der Waals surface area contributed by atoms with E-state index in [1.54, 1.807) is 0 Å². The van der Waals surface area contributed by atoms with Gasteiger partial charge in [0.25, 0.3) is 0 Å². The maximum absolute atomic E-state index is 9.78. The summed E-state index contributed by atoms with van der Waals surface area (Å²) in [7, 11) is 0. The fraction of sp³-hybridized carbons (Fsp3) is 1.00. The van der Waals surface area contributed by atoms with Gasteiger partial charge >= 0.3 is 0 Å². The minimum absolute atomic E-state index is 0.0376. The molecule has 2 atom stereocenters. The molecule has 2 N–H and O–H groups in total. The lowest BCUT2D eigenvalue weighted by atomic mass is 9.76. The Hall–Kier alpha value is -0.240. The fourth-order valence-electron chi connectivity index (χ4n) is 9.44. The number of aliphatic hydroxyl groups is 2. The second-order valence-corrected chi connectivity index (χ2v) is 16.1. The summed E-state index contributed by atoms with van der Waals surface area (Å²) in [5.41, 5.74) is 0. The minimum atomic E-state index is -0.105. The lowest BCUT2D eigenvalue weighted by Crippen LogP contribution is -2.31. The highest BCUT2D eigenvalue weighted by atomic mass is 16.7. The van der Waals surface area contributed by atoms with E-state index in [1.807, 2.05) is 0 Å². The Morgan fingerprint density at radius 2 is 0.682 bits per heavy atom. The van der Waals surface area contributed by atoms with Gasteiger partial charge in [0.15, 0.2) is 12.6 Å². The lowest BCUT2D eigenvalue weighted by molar-refractivity contribution is -0.181. The van der Waals surface area contributed by atoms with Crippen LogP contribution < -0.4 is 0 Å². The van der Waals surface area contributed by atoms with E-state index in [2.05, 4.69) is 13.8 Å². The smallest absolute Gasteiger partial charge is 0.155 e. The Bertz CT molecular complexity index is 689. The van der Waals surface area contributed by atoms with Crippen LogP contribution in [0.1, 0.15) is 155 Å². The van der Waals surface area contributed by atoms with Crippen LogP contribution in [-0.2, 0) is 18.9 Å². The standard InChI is InChI=1S/C38H68O6/c1-27(43-37-19-11-31(12-20-37)23-29-7-15-35(39)16-8-29)41-25-33-3-5-34(6-4-33)26-42-28(2)44-38-21-13-32(14-22-38)24-30-9-17-36(40)18-10-30/h27-40H,3-26H2,1-2H3. The topological polar surface area (TPSA) is 77.4 Å². The highest BCUT2D eigenvalue weighted by molar-refractivity contribution is 4.80. The molecule has 6 heteroatoms. The Balaban J connectivity index is 0.855. The van der Waals surface area contributed by atoms with E-state index in [1.165, 1.54) is 116 Å². The molecule has 0 aromatic heterocycles. The summed E-state index contributed by atoms with van der Waals surface area (Å²) < 4.78 is 25.1. The molecule has 44 heavy (non-hydrogen) atoms. The van der Waals surface area contributed by atoms with E-state index < -0.39 is 0 Å². The molecule has 0 amide bonds. The van der Waals surface area contributed by atoms with Crippen LogP contribution in [0.15, 0.2) is 0 Å². The third kappa shape index (κ3) is 12.1. The Kier molecular flexibility index (Phi) is 14.6. The van der Waals surface area contributed by atoms with Crippen molar-refractivity contribution in [2.75, 3.05) is 13.2 Å². The van der Waals surface area contributed by atoms with Gasteiger partial charge in [-0.2, -0.15) is 0 Å². The molecule has 0 radical (unpaired) electrons. The maximum atomic E-state index is 9.78. The van der Waals surface area contributed by atoms with Crippen molar-refractivity contribution in [2.24, 2.45) is 35.5 Å². The van der Waals surface area contributed by atoms with E-state index in [4.69, 9.17) is 18.9 Å². The second-order valence-electron chi connectivity index (χ2n) is 16.1. The first kappa shape index (κ1) is 35.1. The molecule has 0 spiro atoms. The first-order chi connectivity index (χ1) is 21.4.